The third-order valence-electron chi connectivity index (χ3n) is 4.95. The molecule has 10 heteroatoms. The van der Waals surface area contributed by atoms with Crippen molar-refractivity contribution in [2.24, 2.45) is 11.5 Å². The summed E-state index contributed by atoms with van der Waals surface area (Å²) in [5, 5.41) is 25.9. The van der Waals surface area contributed by atoms with Crippen molar-refractivity contribution in [3.63, 3.8) is 0 Å². The molecule has 0 aromatic heterocycles. The highest BCUT2D eigenvalue weighted by Gasteiger charge is 2.26. The number of guanidine groups is 1. The Morgan fingerprint density at radius 2 is 1.75 bits per heavy atom. The molecule has 2 aromatic rings. The van der Waals surface area contributed by atoms with Crippen LogP contribution in [0, 0.1) is 5.41 Å². The largest absolute Gasteiger partial charge is 0.480 e. The minimum atomic E-state index is -1.19. The lowest BCUT2D eigenvalue weighted by Gasteiger charge is -2.22. The predicted molar refractivity (Wildman–Crippen MR) is 122 cm³/mol. The predicted octanol–water partition coefficient (Wildman–Crippen LogP) is 0.0470. The maximum atomic E-state index is 12.7. The lowest BCUT2D eigenvalue weighted by Crippen LogP contribution is -2.54. The first-order valence-electron chi connectivity index (χ1n) is 10.3. The van der Waals surface area contributed by atoms with Gasteiger partial charge in [0.25, 0.3) is 0 Å². The average Bonchev–Trinajstić information content (AvgIpc) is 2.75. The topological polar surface area (TPSA) is 183 Å². The van der Waals surface area contributed by atoms with E-state index in [-0.39, 0.29) is 18.8 Å². The fourth-order valence-corrected chi connectivity index (χ4v) is 3.16. The molecule has 0 aliphatic rings. The molecule has 0 saturated heterocycles. The van der Waals surface area contributed by atoms with Crippen LogP contribution in [0.15, 0.2) is 42.5 Å². The first-order valence-corrected chi connectivity index (χ1v) is 10.3. The first-order chi connectivity index (χ1) is 15.2. The van der Waals surface area contributed by atoms with Crippen LogP contribution in [0.5, 0.6) is 0 Å². The van der Waals surface area contributed by atoms with Crippen molar-refractivity contribution in [3.05, 3.63) is 48.0 Å². The van der Waals surface area contributed by atoms with Crippen molar-refractivity contribution in [1.82, 2.24) is 16.0 Å². The number of carboxylic acid groups (broad SMARTS) is 1. The van der Waals surface area contributed by atoms with Gasteiger partial charge in [0.2, 0.25) is 11.8 Å². The summed E-state index contributed by atoms with van der Waals surface area (Å²) in [6.07, 6.45) is 0.911. The molecule has 0 saturated carbocycles. The second-order valence-electron chi connectivity index (χ2n) is 7.60. The molecule has 2 rings (SSSR count). The number of benzene rings is 2. The molecule has 0 spiro atoms. The summed E-state index contributed by atoms with van der Waals surface area (Å²) in [6, 6.07) is 10.7. The maximum absolute atomic E-state index is 12.7. The van der Waals surface area contributed by atoms with Crippen molar-refractivity contribution >= 4 is 34.5 Å². The average molecular weight is 443 g/mol. The highest BCUT2D eigenvalue weighted by Crippen LogP contribution is 2.16. The third-order valence-corrected chi connectivity index (χ3v) is 4.95. The Labute approximate surface area is 186 Å². The van der Waals surface area contributed by atoms with E-state index in [0.29, 0.717) is 13.0 Å². The summed E-state index contributed by atoms with van der Waals surface area (Å²) in [7, 11) is 0. The monoisotopic (exact) mass is 442 g/mol. The van der Waals surface area contributed by atoms with Crippen LogP contribution < -0.4 is 27.4 Å². The molecule has 9 N–H and O–H groups in total. The normalized spacial score (nSPS) is 13.6. The van der Waals surface area contributed by atoms with E-state index in [0.717, 1.165) is 16.3 Å². The number of aliphatic carboxylic acids is 1. The van der Waals surface area contributed by atoms with E-state index in [4.69, 9.17) is 22.0 Å². The molecular weight excluding hydrogens is 412 g/mol. The number of nitrogens with two attached hydrogens (primary N) is 2. The summed E-state index contributed by atoms with van der Waals surface area (Å²) in [5.41, 5.74) is 12.2. The number of carboxylic acids is 1. The number of carbonyl (C=O) groups excluding carboxylic acids is 2. The van der Waals surface area contributed by atoms with Crippen molar-refractivity contribution in [1.29, 1.82) is 5.41 Å². The number of fused-ring (bicyclic) bond motifs is 1. The van der Waals surface area contributed by atoms with Crippen molar-refractivity contribution < 1.29 is 19.5 Å². The number of hydrogen-bond acceptors (Lipinski definition) is 5. The highest BCUT2D eigenvalue weighted by molar-refractivity contribution is 5.92. The van der Waals surface area contributed by atoms with Crippen LogP contribution in [0.3, 0.4) is 0 Å². The second kappa shape index (κ2) is 11.7. The van der Waals surface area contributed by atoms with Gasteiger partial charge in [-0.1, -0.05) is 42.5 Å². The Balaban J connectivity index is 2.02. The molecule has 0 aliphatic heterocycles. The van der Waals surface area contributed by atoms with Crippen LogP contribution in [0.25, 0.3) is 10.8 Å². The van der Waals surface area contributed by atoms with Gasteiger partial charge in [-0.2, -0.15) is 0 Å². The molecule has 2 aromatic carbocycles. The number of hydrogen-bond donors (Lipinski definition) is 7. The van der Waals surface area contributed by atoms with E-state index in [1.807, 2.05) is 42.5 Å². The smallest absolute Gasteiger partial charge is 0.325 e. The highest BCUT2D eigenvalue weighted by atomic mass is 16.4. The Hall–Kier alpha value is -3.66. The molecule has 0 fully saturated rings. The maximum Gasteiger partial charge on any atom is 0.325 e. The van der Waals surface area contributed by atoms with E-state index in [9.17, 15) is 14.4 Å². The van der Waals surface area contributed by atoms with Crippen LogP contribution in [-0.2, 0) is 20.8 Å². The Morgan fingerprint density at radius 3 is 2.41 bits per heavy atom. The zero-order chi connectivity index (χ0) is 23.7. The molecule has 3 atom stereocenters. The van der Waals surface area contributed by atoms with E-state index >= 15 is 0 Å². The minimum absolute atomic E-state index is 0.202. The molecule has 2 amide bonds. The lowest BCUT2D eigenvalue weighted by atomic mass is 10.0. The first kappa shape index (κ1) is 24.6. The molecule has 0 heterocycles. The number of carbonyl (C=O) groups is 3. The van der Waals surface area contributed by atoms with Gasteiger partial charge in [0.05, 0.1) is 6.04 Å². The molecular formula is C22H30N6O4. The summed E-state index contributed by atoms with van der Waals surface area (Å²) in [6.45, 7) is 1.66. The zero-order valence-electron chi connectivity index (χ0n) is 17.9. The van der Waals surface area contributed by atoms with Crippen LogP contribution in [0.2, 0.25) is 0 Å². The fraction of sp³-hybridized carbons (Fsp3) is 0.364. The third kappa shape index (κ3) is 7.55. The van der Waals surface area contributed by atoms with E-state index in [1.54, 1.807) is 0 Å². The quantitative estimate of drug-likeness (QED) is 0.146. The van der Waals surface area contributed by atoms with E-state index < -0.39 is 35.9 Å². The second-order valence-corrected chi connectivity index (χ2v) is 7.60. The molecule has 10 nitrogen and oxygen atoms in total. The fourth-order valence-electron chi connectivity index (χ4n) is 3.16. The van der Waals surface area contributed by atoms with Crippen LogP contribution in [0.4, 0.5) is 0 Å². The van der Waals surface area contributed by atoms with Crippen molar-refractivity contribution in [3.8, 4) is 0 Å². The van der Waals surface area contributed by atoms with Gasteiger partial charge in [0.1, 0.15) is 12.1 Å². The zero-order valence-corrected chi connectivity index (χ0v) is 17.9. The van der Waals surface area contributed by atoms with Crippen LogP contribution in [-0.4, -0.2) is 53.5 Å². The summed E-state index contributed by atoms with van der Waals surface area (Å²) in [5.74, 6) is -2.52. The summed E-state index contributed by atoms with van der Waals surface area (Å²) < 4.78 is 0. The molecule has 32 heavy (non-hydrogen) atoms. The molecule has 0 aliphatic carbocycles. The van der Waals surface area contributed by atoms with Gasteiger partial charge in [-0.05, 0) is 42.5 Å². The van der Waals surface area contributed by atoms with Crippen LogP contribution >= 0.6 is 0 Å². The van der Waals surface area contributed by atoms with E-state index in [1.165, 1.54) is 6.92 Å². The van der Waals surface area contributed by atoms with Crippen molar-refractivity contribution in [2.75, 3.05) is 6.54 Å². The Morgan fingerprint density at radius 1 is 1.06 bits per heavy atom. The SMILES string of the molecule is C[C@H](NC(=O)[C@H](CCCNC(=N)N)NC(=O)[C@@H](N)Cc1ccc2ccccc2c1)C(=O)O. The summed E-state index contributed by atoms with van der Waals surface area (Å²) >= 11 is 0. The summed E-state index contributed by atoms with van der Waals surface area (Å²) in [4.78, 5) is 36.3. The molecule has 172 valence electrons. The Kier molecular flexibility index (Phi) is 8.96. The standard InChI is InChI=1S/C22H30N6O4/c1-13(21(31)32)27-20(30)18(7-4-10-26-22(24)25)28-19(29)17(23)12-14-8-9-15-5-2-3-6-16(15)11-14/h2-3,5-6,8-9,11,13,17-18H,4,7,10,12,23H2,1H3,(H,27,30)(H,28,29)(H,31,32)(H4,24,25,26)/t13-,17-,18-/m0/s1. The van der Waals surface area contributed by atoms with Gasteiger partial charge in [0, 0.05) is 6.54 Å². The van der Waals surface area contributed by atoms with Gasteiger partial charge in [-0.25, -0.2) is 0 Å². The van der Waals surface area contributed by atoms with Gasteiger partial charge < -0.3 is 32.5 Å². The van der Waals surface area contributed by atoms with Gasteiger partial charge in [0.15, 0.2) is 5.96 Å². The number of rotatable bonds is 11. The van der Waals surface area contributed by atoms with Gasteiger partial charge >= 0.3 is 5.97 Å². The number of nitrogens with one attached hydrogen (secondary N) is 4. The van der Waals surface area contributed by atoms with Gasteiger partial charge in [-0.3, -0.25) is 19.8 Å². The van der Waals surface area contributed by atoms with Gasteiger partial charge in [-0.15, -0.1) is 0 Å². The van der Waals surface area contributed by atoms with E-state index in [2.05, 4.69) is 16.0 Å². The molecule has 0 unspecified atom stereocenters. The van der Waals surface area contributed by atoms with Crippen molar-refractivity contribution in [2.45, 2.75) is 44.3 Å². The molecule has 0 bridgehead atoms. The van der Waals surface area contributed by atoms with Crippen LogP contribution in [0.1, 0.15) is 25.3 Å². The number of amides is 2. The Bertz CT molecular complexity index is 980. The minimum Gasteiger partial charge on any atom is -0.480 e. The lowest BCUT2D eigenvalue weighted by molar-refractivity contribution is -0.141. The molecule has 0 radical (unpaired) electrons.